The molecule has 0 bridgehead atoms. The van der Waals surface area contributed by atoms with Crippen molar-refractivity contribution < 1.29 is 0 Å². The fourth-order valence-electron chi connectivity index (χ4n) is 0.479. The minimum atomic E-state index is 0. The van der Waals surface area contributed by atoms with Gasteiger partial charge in [0.05, 0.1) is 0 Å². The second-order valence-corrected chi connectivity index (χ2v) is 2.06. The smallest absolute Gasteiger partial charge is 0.0326 e. The van der Waals surface area contributed by atoms with Crippen LogP contribution < -0.4 is 0 Å². The number of allylic oxidation sites excluding steroid dienone is 1. The predicted octanol–water partition coefficient (Wildman–Crippen LogP) is 3.33. The van der Waals surface area contributed by atoms with E-state index in [1.54, 1.807) is 0 Å². The van der Waals surface area contributed by atoms with Gasteiger partial charge in [-0.25, -0.2) is 0 Å². The molecule has 50 valence electrons. The molecule has 0 aliphatic rings. The van der Waals surface area contributed by atoms with Crippen LogP contribution in [0, 0.1) is 0 Å². The van der Waals surface area contributed by atoms with Crippen molar-refractivity contribution in [1.82, 2.24) is 0 Å². The summed E-state index contributed by atoms with van der Waals surface area (Å²) in [7, 11) is 0. The maximum absolute atomic E-state index is 3.79. The van der Waals surface area contributed by atoms with Crippen molar-refractivity contribution in [2.24, 2.45) is 0 Å². The van der Waals surface area contributed by atoms with Crippen molar-refractivity contribution in [3.63, 3.8) is 0 Å². The molecule has 0 rings (SSSR count). The summed E-state index contributed by atoms with van der Waals surface area (Å²) in [5, 5.41) is 0. The second kappa shape index (κ2) is 7.22. The summed E-state index contributed by atoms with van der Waals surface area (Å²) in [5.41, 5.74) is 1.31. The third-order valence-electron chi connectivity index (χ3n) is 0.957. The van der Waals surface area contributed by atoms with Gasteiger partial charge in [-0.15, -0.1) is 23.6 Å². The molecule has 0 N–H and O–H groups in total. The van der Waals surface area contributed by atoms with Gasteiger partial charge in [-0.05, 0) is 19.8 Å². The molecule has 1 heteroatoms. The van der Waals surface area contributed by atoms with Gasteiger partial charge in [0.1, 0.15) is 0 Å². The van der Waals surface area contributed by atoms with E-state index in [0.717, 1.165) is 0 Å². The molecule has 0 fully saturated rings. The van der Waals surface area contributed by atoms with Crippen LogP contribution in [0.15, 0.2) is 12.2 Å². The second-order valence-electron chi connectivity index (χ2n) is 2.06. The zero-order valence-corrected chi connectivity index (χ0v) is 7.45. The largest absolute Gasteiger partial charge is 0.114 e. The fourth-order valence-corrected chi connectivity index (χ4v) is 0.479. The van der Waals surface area contributed by atoms with Gasteiger partial charge in [0.2, 0.25) is 0 Å². The van der Waals surface area contributed by atoms with Crippen LogP contribution in [0.3, 0.4) is 0 Å². The van der Waals surface area contributed by atoms with Gasteiger partial charge in [0.15, 0.2) is 0 Å². The molecule has 0 aromatic carbocycles. The number of unbranched alkanes of at least 4 members (excludes halogenated alkanes) is 1. The highest BCUT2D eigenvalue weighted by Crippen LogP contribution is 2.01. The topological polar surface area (TPSA) is 0 Å². The van der Waals surface area contributed by atoms with E-state index in [4.69, 9.17) is 0 Å². The van der Waals surface area contributed by atoms with E-state index in [1.165, 1.54) is 24.8 Å². The maximum Gasteiger partial charge on any atom is -0.0326 e. The number of halogens is 1. The first-order valence-electron chi connectivity index (χ1n) is 2.91. The van der Waals surface area contributed by atoms with Gasteiger partial charge in [-0.1, -0.05) is 18.9 Å². The van der Waals surface area contributed by atoms with Crippen molar-refractivity contribution in [2.45, 2.75) is 33.1 Å². The molecule has 0 saturated heterocycles. The van der Waals surface area contributed by atoms with Crippen LogP contribution >= 0.6 is 17.0 Å². The SMILES string of the molecule is Br.C=C(C)CCCC. The van der Waals surface area contributed by atoms with Gasteiger partial charge < -0.3 is 0 Å². The van der Waals surface area contributed by atoms with Crippen molar-refractivity contribution >= 4 is 17.0 Å². The third-order valence-corrected chi connectivity index (χ3v) is 0.957. The lowest BCUT2D eigenvalue weighted by atomic mass is 10.2. The van der Waals surface area contributed by atoms with E-state index in [0.29, 0.717) is 0 Å². The standard InChI is InChI=1S/C7H14.BrH/c1-4-5-6-7(2)3;/h2,4-6H2,1,3H3;1H. The number of hydrogen-bond acceptors (Lipinski definition) is 0. The van der Waals surface area contributed by atoms with Gasteiger partial charge in [0, 0.05) is 0 Å². The summed E-state index contributed by atoms with van der Waals surface area (Å²) in [6, 6.07) is 0. The van der Waals surface area contributed by atoms with Crippen LogP contribution in [0.1, 0.15) is 33.1 Å². The van der Waals surface area contributed by atoms with Gasteiger partial charge in [-0.3, -0.25) is 0 Å². The van der Waals surface area contributed by atoms with E-state index in [1.807, 2.05) is 0 Å². The molecule has 0 spiro atoms. The average molecular weight is 179 g/mol. The molecule has 0 heterocycles. The first-order valence-corrected chi connectivity index (χ1v) is 2.91. The molecular formula is C7H15Br. The first-order chi connectivity index (χ1) is 3.27. The summed E-state index contributed by atoms with van der Waals surface area (Å²) in [5.74, 6) is 0. The Morgan fingerprint density at radius 1 is 1.50 bits per heavy atom. The highest BCUT2D eigenvalue weighted by atomic mass is 79.9. The Morgan fingerprint density at radius 3 is 2.12 bits per heavy atom. The van der Waals surface area contributed by atoms with Gasteiger partial charge in [0.25, 0.3) is 0 Å². The summed E-state index contributed by atoms with van der Waals surface area (Å²) >= 11 is 0. The maximum atomic E-state index is 3.79. The molecule has 8 heavy (non-hydrogen) atoms. The van der Waals surface area contributed by atoms with Crippen LogP contribution in [-0.2, 0) is 0 Å². The number of rotatable bonds is 3. The Labute approximate surface area is 62.8 Å². The van der Waals surface area contributed by atoms with Crippen molar-refractivity contribution in [3.05, 3.63) is 12.2 Å². The minimum absolute atomic E-state index is 0. The summed E-state index contributed by atoms with van der Waals surface area (Å²) in [6.45, 7) is 8.07. The normalized spacial score (nSPS) is 7.75. The minimum Gasteiger partial charge on any atom is -0.114 e. The highest BCUT2D eigenvalue weighted by Gasteiger charge is 1.81. The molecule has 0 atom stereocenters. The summed E-state index contributed by atoms with van der Waals surface area (Å²) in [6.07, 6.45) is 3.79. The van der Waals surface area contributed by atoms with E-state index in [2.05, 4.69) is 20.4 Å². The Hall–Kier alpha value is 0.220. The third kappa shape index (κ3) is 9.52. The van der Waals surface area contributed by atoms with Gasteiger partial charge >= 0.3 is 0 Å². The predicted molar refractivity (Wildman–Crippen MR) is 44.7 cm³/mol. The van der Waals surface area contributed by atoms with E-state index < -0.39 is 0 Å². The Balaban J connectivity index is 0. The van der Waals surface area contributed by atoms with Crippen LogP contribution in [0.4, 0.5) is 0 Å². The molecule has 0 aromatic heterocycles. The molecule has 0 unspecified atom stereocenters. The Kier molecular flexibility index (Phi) is 10.00. The molecule has 0 aliphatic carbocycles. The van der Waals surface area contributed by atoms with E-state index >= 15 is 0 Å². The molecule has 0 saturated carbocycles. The summed E-state index contributed by atoms with van der Waals surface area (Å²) in [4.78, 5) is 0. The van der Waals surface area contributed by atoms with E-state index in [9.17, 15) is 0 Å². The molecule has 0 aliphatic heterocycles. The molecule has 0 nitrogen and oxygen atoms in total. The summed E-state index contributed by atoms with van der Waals surface area (Å²) < 4.78 is 0. The molecule has 0 amide bonds. The molecule has 0 radical (unpaired) electrons. The van der Waals surface area contributed by atoms with Crippen LogP contribution in [0.5, 0.6) is 0 Å². The zero-order chi connectivity index (χ0) is 5.70. The van der Waals surface area contributed by atoms with Gasteiger partial charge in [-0.2, -0.15) is 0 Å². The average Bonchev–Trinajstić information content (AvgIpc) is 1.61. The Bertz CT molecular complexity index is 57.4. The molecular weight excluding hydrogens is 164 g/mol. The first kappa shape index (κ1) is 11.1. The lowest BCUT2D eigenvalue weighted by Gasteiger charge is -1.91. The van der Waals surface area contributed by atoms with Crippen LogP contribution in [0.2, 0.25) is 0 Å². The van der Waals surface area contributed by atoms with E-state index in [-0.39, 0.29) is 17.0 Å². The molecule has 0 aromatic rings. The zero-order valence-electron chi connectivity index (χ0n) is 5.74. The van der Waals surface area contributed by atoms with Crippen molar-refractivity contribution in [3.8, 4) is 0 Å². The monoisotopic (exact) mass is 178 g/mol. The number of hydrogen-bond donors (Lipinski definition) is 0. The fraction of sp³-hybridized carbons (Fsp3) is 0.714. The lowest BCUT2D eigenvalue weighted by molar-refractivity contribution is 0.789. The quantitative estimate of drug-likeness (QED) is 0.583. The van der Waals surface area contributed by atoms with Crippen molar-refractivity contribution in [1.29, 1.82) is 0 Å². The lowest BCUT2D eigenvalue weighted by Crippen LogP contribution is -1.71. The van der Waals surface area contributed by atoms with Crippen LogP contribution in [-0.4, -0.2) is 0 Å². The van der Waals surface area contributed by atoms with Crippen molar-refractivity contribution in [2.75, 3.05) is 0 Å². The Morgan fingerprint density at radius 2 is 2.00 bits per heavy atom. The highest BCUT2D eigenvalue weighted by molar-refractivity contribution is 8.93. The van der Waals surface area contributed by atoms with Crippen LogP contribution in [0.25, 0.3) is 0 Å².